The van der Waals surface area contributed by atoms with E-state index in [1.807, 2.05) is 12.1 Å². The van der Waals surface area contributed by atoms with Gasteiger partial charge in [0, 0.05) is 0 Å². The average Bonchev–Trinajstić information content (AvgIpc) is 2.34. The summed E-state index contributed by atoms with van der Waals surface area (Å²) in [5.41, 5.74) is 2.55. The quantitative estimate of drug-likeness (QED) is 0.585. The summed E-state index contributed by atoms with van der Waals surface area (Å²) in [7, 11) is 4.20. The van der Waals surface area contributed by atoms with Crippen LogP contribution in [0.3, 0.4) is 0 Å². The first kappa shape index (κ1) is 32.0. The van der Waals surface area contributed by atoms with Crippen LogP contribution >= 0.6 is 59.7 Å². The van der Waals surface area contributed by atoms with Crippen LogP contribution in [-0.2, 0) is 15.1 Å². The van der Waals surface area contributed by atoms with Gasteiger partial charge in [-0.25, -0.2) is 0 Å². The molecule has 0 atom stereocenters. The molecule has 7 heteroatoms. The van der Waals surface area contributed by atoms with Crippen LogP contribution < -0.4 is 0 Å². The molecule has 0 bridgehead atoms. The van der Waals surface area contributed by atoms with E-state index in [0.29, 0.717) is 0 Å². The molecule has 2 aromatic carbocycles. The van der Waals surface area contributed by atoms with Crippen molar-refractivity contribution in [3.63, 3.8) is 0 Å². The Labute approximate surface area is 162 Å². The fourth-order valence-corrected chi connectivity index (χ4v) is 1.26. The Morgan fingerprint density at radius 3 is 0.947 bits per heavy atom. The van der Waals surface area contributed by atoms with Gasteiger partial charge >= 0.3 is 25.2 Å². The van der Waals surface area contributed by atoms with Crippen LogP contribution in [0.5, 0.6) is 0 Å². The van der Waals surface area contributed by atoms with Crippen molar-refractivity contribution in [2.75, 3.05) is 0 Å². The standard InChI is InChI=1S/C12H10.Al.5ClH.Cu.3H/c1-3-7-11(8-4-1)12-9-5-2-6-10-12;;;;;;;;;;/h1-10H;;5*1H;;;;/q;;;;;;;+1;;;/p-1. The maximum absolute atomic E-state index is 4.20. The molecule has 2 rings (SSSR count). The Hall–Kier alpha value is 0.942. The van der Waals surface area contributed by atoms with Crippen LogP contribution in [0.15, 0.2) is 60.7 Å². The molecule has 2 aromatic rings. The van der Waals surface area contributed by atoms with Crippen LogP contribution in [0, 0.1) is 0 Å². The van der Waals surface area contributed by atoms with Crippen molar-refractivity contribution in [2.45, 2.75) is 0 Å². The van der Waals surface area contributed by atoms with Crippen LogP contribution in [-0.4, -0.2) is 17.4 Å². The summed E-state index contributed by atoms with van der Waals surface area (Å²) < 4.78 is 0. The third-order valence-electron chi connectivity index (χ3n) is 1.88. The SMILES string of the molecule is Cl.Cl.Cl.Cl.[AlH3].[Cl][Cu].c1ccc(-c2ccccc2)cc1. The predicted octanol–water partition coefficient (Wildman–Crippen LogP) is 4.54. The molecule has 0 aliphatic heterocycles. The molecular weight excluding hydrogens is 412 g/mol. The van der Waals surface area contributed by atoms with E-state index >= 15 is 0 Å². The second-order valence-electron chi connectivity index (χ2n) is 2.73. The van der Waals surface area contributed by atoms with Crippen LogP contribution in [0.1, 0.15) is 0 Å². The van der Waals surface area contributed by atoms with Gasteiger partial charge in [-0.05, 0) is 11.1 Å². The number of hydrogen-bond acceptors (Lipinski definition) is 0. The zero-order valence-electron chi connectivity index (χ0n) is 9.09. The first-order valence-corrected chi connectivity index (χ1v) is 5.48. The molecule has 0 heterocycles. The number of hydrogen-bond donors (Lipinski definition) is 0. The van der Waals surface area contributed by atoms with Crippen molar-refractivity contribution in [1.29, 1.82) is 0 Å². The van der Waals surface area contributed by atoms with E-state index in [1.165, 1.54) is 11.1 Å². The maximum atomic E-state index is 4.20. The summed E-state index contributed by atoms with van der Waals surface area (Å²) in [5, 5.41) is 0. The van der Waals surface area contributed by atoms with E-state index in [-0.39, 0.29) is 67.0 Å². The smallest absolute Gasteiger partial charge is 0.0184 e. The summed E-state index contributed by atoms with van der Waals surface area (Å²) in [6, 6.07) is 20.8. The van der Waals surface area contributed by atoms with Gasteiger partial charge in [0.25, 0.3) is 0 Å². The van der Waals surface area contributed by atoms with Gasteiger partial charge in [0.15, 0.2) is 17.4 Å². The number of rotatable bonds is 1. The van der Waals surface area contributed by atoms with E-state index in [9.17, 15) is 0 Å². The molecule has 0 N–H and O–H groups in total. The second-order valence-corrected chi connectivity index (χ2v) is 2.73. The molecule has 0 nitrogen and oxygen atoms in total. The van der Waals surface area contributed by atoms with E-state index in [1.54, 1.807) is 0 Å². The summed E-state index contributed by atoms with van der Waals surface area (Å²) >= 11 is 3.66. The Kier molecular flexibility index (Phi) is 35.8. The predicted molar refractivity (Wildman–Crippen MR) is 96.7 cm³/mol. The van der Waals surface area contributed by atoms with E-state index in [2.05, 4.69) is 73.7 Å². The van der Waals surface area contributed by atoms with Gasteiger partial charge in [-0.3, -0.25) is 0 Å². The first-order valence-electron chi connectivity index (χ1n) is 4.19. The molecule has 0 amide bonds. The number of halogens is 5. The van der Waals surface area contributed by atoms with Gasteiger partial charge in [0.05, 0.1) is 0 Å². The molecule has 114 valence electrons. The maximum Gasteiger partial charge on any atom is -0.0184 e. The van der Waals surface area contributed by atoms with E-state index < -0.39 is 0 Å². The van der Waals surface area contributed by atoms with E-state index in [0.717, 1.165) is 0 Å². The van der Waals surface area contributed by atoms with Crippen molar-refractivity contribution >= 4 is 77.1 Å². The molecule has 0 spiro atoms. The summed E-state index contributed by atoms with van der Waals surface area (Å²) in [4.78, 5) is 0. The zero-order valence-corrected chi connectivity index (χ0v) is 14.0. The molecule has 0 saturated carbocycles. The Morgan fingerprint density at radius 1 is 0.526 bits per heavy atom. The molecule has 0 fully saturated rings. The van der Waals surface area contributed by atoms with Crippen LogP contribution in [0.2, 0.25) is 0 Å². The van der Waals surface area contributed by atoms with Crippen LogP contribution in [0.25, 0.3) is 11.1 Å². The normalized spacial score (nSPS) is 6.47. The van der Waals surface area contributed by atoms with Crippen LogP contribution in [0.4, 0.5) is 0 Å². The second kappa shape index (κ2) is 21.2. The Balaban J connectivity index is -0.0000000894. The monoisotopic (exact) mass is 426 g/mol. The third-order valence-corrected chi connectivity index (χ3v) is 1.88. The molecule has 0 aliphatic carbocycles. The van der Waals surface area contributed by atoms with Crippen molar-refractivity contribution in [3.05, 3.63) is 60.7 Å². The molecule has 0 aromatic heterocycles. The third kappa shape index (κ3) is 12.4. The fourth-order valence-electron chi connectivity index (χ4n) is 1.26. The molecule has 0 radical (unpaired) electrons. The van der Waals surface area contributed by atoms with Gasteiger partial charge in [-0.15, -0.1) is 49.6 Å². The van der Waals surface area contributed by atoms with Crippen molar-refractivity contribution in [3.8, 4) is 11.1 Å². The summed E-state index contributed by atoms with van der Waals surface area (Å²) in [6.45, 7) is 0. The zero-order chi connectivity index (χ0) is 10.2. The average molecular weight is 429 g/mol. The Morgan fingerprint density at radius 2 is 0.737 bits per heavy atom. The Bertz CT molecular complexity index is 324. The summed E-state index contributed by atoms with van der Waals surface area (Å²) in [5.74, 6) is 0. The topological polar surface area (TPSA) is 0 Å². The minimum Gasteiger partial charge on any atom is -0.0622 e. The van der Waals surface area contributed by atoms with E-state index in [4.69, 9.17) is 0 Å². The molecule has 19 heavy (non-hydrogen) atoms. The number of benzene rings is 2. The molecule has 0 saturated heterocycles. The minimum atomic E-state index is 0. The molecule has 0 aliphatic rings. The van der Waals surface area contributed by atoms with Gasteiger partial charge in [0.1, 0.15) is 0 Å². The van der Waals surface area contributed by atoms with Gasteiger partial charge in [-0.1, -0.05) is 60.7 Å². The largest absolute Gasteiger partial charge is 0.0622 e. The van der Waals surface area contributed by atoms with Gasteiger partial charge in [-0.2, -0.15) is 0 Å². The summed E-state index contributed by atoms with van der Waals surface area (Å²) in [6.07, 6.45) is 0. The van der Waals surface area contributed by atoms with Gasteiger partial charge < -0.3 is 0 Å². The van der Waals surface area contributed by atoms with Crippen molar-refractivity contribution in [2.24, 2.45) is 0 Å². The first-order chi connectivity index (χ1) is 6.97. The fraction of sp³-hybridized carbons (Fsp3) is 0. The van der Waals surface area contributed by atoms with Crippen molar-refractivity contribution in [1.82, 2.24) is 0 Å². The molecular formula is C12H17AlCl5Cu. The minimum absolute atomic E-state index is 0. The van der Waals surface area contributed by atoms with Crippen molar-refractivity contribution < 1.29 is 15.1 Å². The van der Waals surface area contributed by atoms with Gasteiger partial charge in [0.2, 0.25) is 0 Å². The molecule has 0 unspecified atom stereocenters.